The number of aryl methyl sites for hydroxylation is 1. The molecule has 2 aromatic carbocycles. The lowest BCUT2D eigenvalue weighted by atomic mass is 10.1. The normalized spacial score (nSPS) is 21.9. The SMILES string of the molecule is CC1CN(c2ccc(NC(=O)CCc3ccc(S(=O)(=O)N4CCCCC4)cc3)cc2)CC(C)O1. The van der Waals surface area contributed by atoms with Crippen LogP contribution in [0.1, 0.15) is 45.1 Å². The van der Waals surface area contributed by atoms with Crippen molar-refractivity contribution in [3.8, 4) is 0 Å². The van der Waals surface area contributed by atoms with Crippen LogP contribution in [0, 0.1) is 0 Å². The number of nitrogens with one attached hydrogen (secondary N) is 1. The number of rotatable bonds is 7. The summed E-state index contributed by atoms with van der Waals surface area (Å²) in [5, 5.41) is 2.95. The highest BCUT2D eigenvalue weighted by molar-refractivity contribution is 7.89. The maximum absolute atomic E-state index is 12.8. The lowest BCUT2D eigenvalue weighted by Gasteiger charge is -2.36. The van der Waals surface area contributed by atoms with Gasteiger partial charge in [0.25, 0.3) is 0 Å². The number of benzene rings is 2. The van der Waals surface area contributed by atoms with E-state index in [9.17, 15) is 13.2 Å². The molecular formula is C26H35N3O4S. The van der Waals surface area contributed by atoms with Gasteiger partial charge >= 0.3 is 0 Å². The van der Waals surface area contributed by atoms with E-state index in [4.69, 9.17) is 4.74 Å². The summed E-state index contributed by atoms with van der Waals surface area (Å²) in [4.78, 5) is 15.1. The third-order valence-corrected chi connectivity index (χ3v) is 8.37. The summed E-state index contributed by atoms with van der Waals surface area (Å²) < 4.78 is 32.9. The fourth-order valence-corrected chi connectivity index (χ4v) is 6.23. The molecule has 0 radical (unpaired) electrons. The molecule has 2 aliphatic heterocycles. The standard InChI is InChI=1S/C26H35N3O4S/c1-20-18-28(19-21(2)33-20)24-11-9-23(10-12-24)27-26(30)15-8-22-6-13-25(14-7-22)34(31,32)29-16-4-3-5-17-29/h6-7,9-14,20-21H,3-5,8,15-19H2,1-2H3,(H,27,30). The van der Waals surface area contributed by atoms with Gasteiger partial charge in [-0.15, -0.1) is 0 Å². The topological polar surface area (TPSA) is 79.0 Å². The number of morpholine rings is 1. The van der Waals surface area contributed by atoms with Gasteiger partial charge in [0.05, 0.1) is 17.1 Å². The minimum atomic E-state index is -3.43. The molecule has 1 N–H and O–H groups in total. The molecule has 2 fully saturated rings. The van der Waals surface area contributed by atoms with Crippen LogP contribution in [-0.4, -0.2) is 57.0 Å². The Kier molecular flexibility index (Phi) is 7.91. The smallest absolute Gasteiger partial charge is 0.243 e. The number of carbonyl (C=O) groups excluding carboxylic acids is 1. The molecular weight excluding hydrogens is 450 g/mol. The summed E-state index contributed by atoms with van der Waals surface area (Å²) in [5.41, 5.74) is 2.84. The Morgan fingerprint density at radius 1 is 0.941 bits per heavy atom. The Morgan fingerprint density at radius 2 is 1.56 bits per heavy atom. The highest BCUT2D eigenvalue weighted by Crippen LogP contribution is 2.23. The summed E-state index contributed by atoms with van der Waals surface area (Å²) in [5.74, 6) is -0.0635. The molecule has 8 heteroatoms. The molecule has 184 valence electrons. The Bertz CT molecular complexity index is 1050. The van der Waals surface area contributed by atoms with Gasteiger partial charge in [-0.25, -0.2) is 8.42 Å². The first-order valence-electron chi connectivity index (χ1n) is 12.2. The van der Waals surface area contributed by atoms with E-state index in [0.717, 1.165) is 49.3 Å². The second-order valence-corrected chi connectivity index (χ2v) is 11.3. The number of amides is 1. The molecule has 0 bridgehead atoms. The van der Waals surface area contributed by atoms with E-state index >= 15 is 0 Å². The number of anilines is 2. The average Bonchev–Trinajstić information content (AvgIpc) is 2.83. The first-order chi connectivity index (χ1) is 16.3. The first kappa shape index (κ1) is 24.7. The lowest BCUT2D eigenvalue weighted by Crippen LogP contribution is -2.45. The van der Waals surface area contributed by atoms with Crippen LogP contribution >= 0.6 is 0 Å². The van der Waals surface area contributed by atoms with E-state index in [1.165, 1.54) is 0 Å². The van der Waals surface area contributed by atoms with Gasteiger partial charge in [-0.05, 0) is 75.1 Å². The van der Waals surface area contributed by atoms with Crippen molar-refractivity contribution in [1.82, 2.24) is 4.31 Å². The first-order valence-corrected chi connectivity index (χ1v) is 13.6. The molecule has 2 heterocycles. The minimum Gasteiger partial charge on any atom is -0.372 e. The molecule has 0 aromatic heterocycles. The Hall–Kier alpha value is -2.42. The average molecular weight is 486 g/mol. The zero-order valence-electron chi connectivity index (χ0n) is 20.1. The van der Waals surface area contributed by atoms with Crippen LogP contribution in [-0.2, 0) is 26.0 Å². The van der Waals surface area contributed by atoms with Crippen LogP contribution in [0.4, 0.5) is 11.4 Å². The fraction of sp³-hybridized carbons (Fsp3) is 0.500. The van der Waals surface area contributed by atoms with Gasteiger partial charge in [-0.1, -0.05) is 18.6 Å². The fourth-order valence-electron chi connectivity index (χ4n) is 4.71. The van der Waals surface area contributed by atoms with Gasteiger partial charge in [0.2, 0.25) is 15.9 Å². The molecule has 2 unspecified atom stereocenters. The van der Waals surface area contributed by atoms with Crippen LogP contribution in [0.5, 0.6) is 0 Å². The van der Waals surface area contributed by atoms with Crippen molar-refractivity contribution in [2.45, 2.75) is 63.1 Å². The van der Waals surface area contributed by atoms with Crippen LogP contribution < -0.4 is 10.2 Å². The molecule has 7 nitrogen and oxygen atoms in total. The number of piperidine rings is 1. The van der Waals surface area contributed by atoms with Gasteiger partial charge in [-0.3, -0.25) is 4.79 Å². The Balaban J connectivity index is 1.27. The van der Waals surface area contributed by atoms with Gasteiger partial charge in [0.15, 0.2) is 0 Å². The van der Waals surface area contributed by atoms with Gasteiger partial charge < -0.3 is 15.0 Å². The number of nitrogens with zero attached hydrogens (tertiary/aromatic N) is 2. The molecule has 0 spiro atoms. The predicted octanol–water partition coefficient (Wildman–Crippen LogP) is 4.05. The third kappa shape index (κ3) is 6.17. The van der Waals surface area contributed by atoms with E-state index in [0.29, 0.717) is 30.8 Å². The number of hydrogen-bond donors (Lipinski definition) is 1. The van der Waals surface area contributed by atoms with Crippen LogP contribution in [0.25, 0.3) is 0 Å². The van der Waals surface area contributed by atoms with E-state index in [1.807, 2.05) is 36.4 Å². The number of sulfonamides is 1. The summed E-state index contributed by atoms with van der Waals surface area (Å²) in [6.45, 7) is 7.06. The van der Waals surface area contributed by atoms with Crippen molar-refractivity contribution in [2.75, 3.05) is 36.4 Å². The van der Waals surface area contributed by atoms with Crippen molar-refractivity contribution >= 4 is 27.3 Å². The summed E-state index contributed by atoms with van der Waals surface area (Å²) in [6, 6.07) is 14.8. The van der Waals surface area contributed by atoms with Crippen LogP contribution in [0.3, 0.4) is 0 Å². The molecule has 34 heavy (non-hydrogen) atoms. The summed E-state index contributed by atoms with van der Waals surface area (Å²) in [6.07, 6.45) is 4.20. The Labute approximate surface area is 203 Å². The predicted molar refractivity (Wildman–Crippen MR) is 135 cm³/mol. The number of carbonyl (C=O) groups is 1. The van der Waals surface area contributed by atoms with Crippen molar-refractivity contribution in [3.63, 3.8) is 0 Å². The third-order valence-electron chi connectivity index (χ3n) is 6.45. The van der Waals surface area contributed by atoms with Crippen molar-refractivity contribution in [3.05, 3.63) is 54.1 Å². The lowest BCUT2D eigenvalue weighted by molar-refractivity contribution is -0.116. The van der Waals surface area contributed by atoms with Gasteiger partial charge in [0, 0.05) is 44.0 Å². The molecule has 2 atom stereocenters. The largest absolute Gasteiger partial charge is 0.372 e. The molecule has 2 aliphatic rings. The Morgan fingerprint density at radius 3 is 2.18 bits per heavy atom. The van der Waals surface area contributed by atoms with Crippen LogP contribution in [0.2, 0.25) is 0 Å². The molecule has 2 aromatic rings. The second kappa shape index (κ2) is 10.9. The van der Waals surface area contributed by atoms with E-state index < -0.39 is 10.0 Å². The van der Waals surface area contributed by atoms with Crippen molar-refractivity contribution in [2.24, 2.45) is 0 Å². The van der Waals surface area contributed by atoms with Crippen molar-refractivity contribution in [1.29, 1.82) is 0 Å². The maximum atomic E-state index is 12.8. The molecule has 2 saturated heterocycles. The highest BCUT2D eigenvalue weighted by atomic mass is 32.2. The van der Waals surface area contributed by atoms with E-state index in [-0.39, 0.29) is 18.1 Å². The molecule has 1 amide bonds. The highest BCUT2D eigenvalue weighted by Gasteiger charge is 2.26. The van der Waals surface area contributed by atoms with E-state index in [1.54, 1.807) is 16.4 Å². The minimum absolute atomic E-state index is 0.0635. The van der Waals surface area contributed by atoms with Crippen molar-refractivity contribution < 1.29 is 17.9 Å². The molecule has 4 rings (SSSR count). The van der Waals surface area contributed by atoms with Crippen LogP contribution in [0.15, 0.2) is 53.4 Å². The molecule has 0 aliphatic carbocycles. The summed E-state index contributed by atoms with van der Waals surface area (Å²) in [7, 11) is -3.43. The monoisotopic (exact) mass is 485 g/mol. The summed E-state index contributed by atoms with van der Waals surface area (Å²) >= 11 is 0. The van der Waals surface area contributed by atoms with Gasteiger partial charge in [0.1, 0.15) is 0 Å². The number of ether oxygens (including phenoxy) is 1. The quantitative estimate of drug-likeness (QED) is 0.640. The number of hydrogen-bond acceptors (Lipinski definition) is 5. The zero-order chi connectivity index (χ0) is 24.1. The van der Waals surface area contributed by atoms with E-state index in [2.05, 4.69) is 24.1 Å². The second-order valence-electron chi connectivity index (χ2n) is 9.37. The zero-order valence-corrected chi connectivity index (χ0v) is 20.9. The van der Waals surface area contributed by atoms with Gasteiger partial charge in [-0.2, -0.15) is 4.31 Å². The maximum Gasteiger partial charge on any atom is 0.243 e. The molecule has 0 saturated carbocycles.